The highest BCUT2D eigenvalue weighted by atomic mass is 16.3. The molecule has 2 aromatic heterocycles. The number of carbonyl (C=O) groups excluding carboxylic acids is 2. The first-order chi connectivity index (χ1) is 17.4. The Morgan fingerprint density at radius 2 is 1.89 bits per heavy atom. The van der Waals surface area contributed by atoms with Gasteiger partial charge in [-0.25, -0.2) is 14.6 Å². The van der Waals surface area contributed by atoms with Crippen molar-refractivity contribution in [3.8, 4) is 17.0 Å². The van der Waals surface area contributed by atoms with E-state index in [2.05, 4.69) is 28.4 Å². The number of rotatable bonds is 9. The number of carbonyl (C=O) groups is 2. The van der Waals surface area contributed by atoms with Gasteiger partial charge in [0.05, 0.1) is 11.9 Å². The van der Waals surface area contributed by atoms with Crippen LogP contribution in [0.3, 0.4) is 0 Å². The van der Waals surface area contributed by atoms with E-state index in [1.807, 2.05) is 30.3 Å². The number of nitrogens with zero attached hydrogens (tertiary/aromatic N) is 5. The van der Waals surface area contributed by atoms with Gasteiger partial charge in [-0.2, -0.15) is 5.10 Å². The average molecular weight is 484 g/mol. The number of nitrogens with two attached hydrogens (primary N) is 1. The summed E-state index contributed by atoms with van der Waals surface area (Å²) in [4.78, 5) is 34.4. The molecule has 2 heterocycles. The third-order valence-electron chi connectivity index (χ3n) is 5.49. The predicted molar refractivity (Wildman–Crippen MR) is 138 cm³/mol. The number of amides is 2. The largest absolute Gasteiger partial charge is 0.508 e. The number of nitrogens with one attached hydrogen (secondary N) is 1. The predicted octanol–water partition coefficient (Wildman–Crippen LogP) is 3.12. The average Bonchev–Trinajstić information content (AvgIpc) is 3.26. The molecule has 182 valence electrons. The van der Waals surface area contributed by atoms with Gasteiger partial charge < -0.3 is 21.1 Å². The lowest BCUT2D eigenvalue weighted by Gasteiger charge is -2.21. The number of fused-ring (bicyclic) bond motifs is 1. The summed E-state index contributed by atoms with van der Waals surface area (Å²) in [6.45, 7) is 8.12. The van der Waals surface area contributed by atoms with Crippen LogP contribution in [0.2, 0.25) is 0 Å². The fraction of sp³-hybridized carbons (Fsp3) is 0.115. The minimum atomic E-state index is -0.421. The second kappa shape index (κ2) is 10.5. The van der Waals surface area contributed by atoms with Crippen LogP contribution in [-0.4, -0.2) is 48.1 Å². The smallest absolute Gasteiger partial charge is 0.247 e. The molecule has 0 unspecified atom stereocenters. The monoisotopic (exact) mass is 483 g/mol. The number of hydrogen-bond donors (Lipinski definition) is 3. The fourth-order valence-electron chi connectivity index (χ4n) is 3.82. The van der Waals surface area contributed by atoms with Crippen molar-refractivity contribution in [3.05, 3.63) is 85.7 Å². The van der Waals surface area contributed by atoms with Crippen LogP contribution in [-0.2, 0) is 22.7 Å². The van der Waals surface area contributed by atoms with Crippen LogP contribution in [0.25, 0.3) is 22.3 Å². The normalized spacial score (nSPS) is 10.7. The van der Waals surface area contributed by atoms with E-state index >= 15 is 0 Å². The molecular weight excluding hydrogens is 458 g/mol. The standard InChI is InChI=1S/C26H25N7O3/c1-3-21(35)30-19-12-18(13-20(34)14-19)24-23-25(27)28-16-29-26(23)33(31-24)11-10-32(22(36)4-2)15-17-8-6-5-7-9-17/h3-9,12-14,16,34H,1-2,10-11,15H2,(H,30,35)(H2,27,28,29). The van der Waals surface area contributed by atoms with Crippen molar-refractivity contribution in [2.75, 3.05) is 17.6 Å². The minimum absolute atomic E-state index is 0.0735. The zero-order valence-electron chi connectivity index (χ0n) is 19.5. The molecule has 0 saturated heterocycles. The van der Waals surface area contributed by atoms with Crippen LogP contribution in [0.4, 0.5) is 11.5 Å². The Morgan fingerprint density at radius 1 is 1.11 bits per heavy atom. The molecule has 36 heavy (non-hydrogen) atoms. The van der Waals surface area contributed by atoms with Crippen LogP contribution >= 0.6 is 0 Å². The number of aromatic hydroxyl groups is 1. The molecule has 4 aromatic rings. The van der Waals surface area contributed by atoms with Gasteiger partial charge in [0, 0.05) is 30.4 Å². The van der Waals surface area contributed by atoms with Crippen molar-refractivity contribution in [2.24, 2.45) is 0 Å². The van der Waals surface area contributed by atoms with Gasteiger partial charge in [-0.3, -0.25) is 9.59 Å². The topological polar surface area (TPSA) is 139 Å². The van der Waals surface area contributed by atoms with Crippen LogP contribution in [0, 0.1) is 0 Å². The summed E-state index contributed by atoms with van der Waals surface area (Å²) in [5, 5.41) is 18.1. The minimum Gasteiger partial charge on any atom is -0.508 e. The molecule has 0 saturated carbocycles. The quantitative estimate of drug-likeness (QED) is 0.311. The number of aromatic nitrogens is 4. The van der Waals surface area contributed by atoms with Gasteiger partial charge in [-0.05, 0) is 29.8 Å². The number of phenols is 1. The first kappa shape index (κ1) is 24.1. The summed E-state index contributed by atoms with van der Waals surface area (Å²) in [7, 11) is 0. The lowest BCUT2D eigenvalue weighted by Crippen LogP contribution is -2.32. The van der Waals surface area contributed by atoms with Crippen LogP contribution in [0.15, 0.2) is 80.2 Å². The molecule has 0 radical (unpaired) electrons. The van der Waals surface area contributed by atoms with E-state index in [1.165, 1.54) is 24.5 Å². The molecule has 0 spiro atoms. The molecule has 2 amide bonds. The van der Waals surface area contributed by atoms with Gasteiger partial charge in [0.1, 0.15) is 23.6 Å². The van der Waals surface area contributed by atoms with Gasteiger partial charge in [0.15, 0.2) is 5.65 Å². The van der Waals surface area contributed by atoms with Gasteiger partial charge >= 0.3 is 0 Å². The second-order valence-electron chi connectivity index (χ2n) is 7.94. The van der Waals surface area contributed by atoms with E-state index in [0.717, 1.165) is 11.6 Å². The summed E-state index contributed by atoms with van der Waals surface area (Å²) < 4.78 is 1.64. The van der Waals surface area contributed by atoms with Crippen LogP contribution in [0.5, 0.6) is 5.75 Å². The Hall–Kier alpha value is -4.99. The summed E-state index contributed by atoms with van der Waals surface area (Å²) in [5.41, 5.74) is 8.94. The number of nitrogen functional groups attached to an aromatic ring is 1. The van der Waals surface area contributed by atoms with Crippen LogP contribution < -0.4 is 11.1 Å². The number of anilines is 2. The molecular formula is C26H25N7O3. The van der Waals surface area contributed by atoms with Crippen molar-refractivity contribution in [3.63, 3.8) is 0 Å². The number of benzene rings is 2. The van der Waals surface area contributed by atoms with E-state index in [-0.39, 0.29) is 17.5 Å². The SMILES string of the molecule is C=CC(=O)Nc1cc(O)cc(-c2nn(CCN(Cc3ccccc3)C(=O)C=C)c3ncnc(N)c23)c1. The Kier molecular flexibility index (Phi) is 7.05. The Balaban J connectivity index is 1.70. The highest BCUT2D eigenvalue weighted by Gasteiger charge is 2.20. The van der Waals surface area contributed by atoms with E-state index in [0.29, 0.717) is 47.6 Å². The summed E-state index contributed by atoms with van der Waals surface area (Å²) in [6, 6.07) is 14.2. The molecule has 0 aliphatic carbocycles. The Morgan fingerprint density at radius 3 is 2.61 bits per heavy atom. The second-order valence-corrected chi connectivity index (χ2v) is 7.94. The Bertz CT molecular complexity index is 1450. The molecule has 10 nitrogen and oxygen atoms in total. The highest BCUT2D eigenvalue weighted by molar-refractivity contribution is 6.01. The third-order valence-corrected chi connectivity index (χ3v) is 5.49. The number of hydrogen-bond acceptors (Lipinski definition) is 7. The molecule has 4 N–H and O–H groups in total. The van der Waals surface area contributed by atoms with Gasteiger partial charge in [0.25, 0.3) is 0 Å². The molecule has 0 bridgehead atoms. The third kappa shape index (κ3) is 5.22. The molecule has 0 fully saturated rings. The maximum absolute atomic E-state index is 12.5. The van der Waals surface area contributed by atoms with Crippen molar-refractivity contribution in [1.82, 2.24) is 24.6 Å². The van der Waals surface area contributed by atoms with Crippen molar-refractivity contribution < 1.29 is 14.7 Å². The molecule has 0 aliphatic rings. The molecule has 4 rings (SSSR count). The van der Waals surface area contributed by atoms with Gasteiger partial charge in [-0.15, -0.1) is 0 Å². The van der Waals surface area contributed by atoms with Gasteiger partial charge in [-0.1, -0.05) is 43.5 Å². The Labute approximate surface area is 207 Å². The molecule has 0 atom stereocenters. The maximum atomic E-state index is 12.5. The van der Waals surface area contributed by atoms with Crippen molar-refractivity contribution in [1.29, 1.82) is 0 Å². The lowest BCUT2D eigenvalue weighted by molar-refractivity contribution is -0.126. The summed E-state index contributed by atoms with van der Waals surface area (Å²) >= 11 is 0. The summed E-state index contributed by atoms with van der Waals surface area (Å²) in [5.74, 6) is -0.490. The molecule has 10 heteroatoms. The first-order valence-electron chi connectivity index (χ1n) is 11.1. The van der Waals surface area contributed by atoms with Gasteiger partial charge in [0.2, 0.25) is 11.8 Å². The van der Waals surface area contributed by atoms with E-state index in [1.54, 1.807) is 15.6 Å². The summed E-state index contributed by atoms with van der Waals surface area (Å²) in [6.07, 6.45) is 3.75. The highest BCUT2D eigenvalue weighted by Crippen LogP contribution is 2.34. The van der Waals surface area contributed by atoms with E-state index < -0.39 is 5.91 Å². The maximum Gasteiger partial charge on any atom is 0.247 e. The lowest BCUT2D eigenvalue weighted by atomic mass is 10.1. The zero-order valence-corrected chi connectivity index (χ0v) is 19.5. The molecule has 2 aromatic carbocycles. The van der Waals surface area contributed by atoms with E-state index in [4.69, 9.17) is 10.8 Å². The first-order valence-corrected chi connectivity index (χ1v) is 11.1. The fourth-order valence-corrected chi connectivity index (χ4v) is 3.82. The molecule has 0 aliphatic heterocycles. The van der Waals surface area contributed by atoms with Crippen molar-refractivity contribution in [2.45, 2.75) is 13.1 Å². The number of phenolic OH excluding ortho intramolecular Hbond substituents is 1. The van der Waals surface area contributed by atoms with Crippen molar-refractivity contribution >= 4 is 34.4 Å². The zero-order chi connectivity index (χ0) is 25.7. The van der Waals surface area contributed by atoms with E-state index in [9.17, 15) is 14.7 Å². The van der Waals surface area contributed by atoms with Crippen LogP contribution in [0.1, 0.15) is 5.56 Å².